The minimum Gasteiger partial charge on any atom is -0.373 e. The van der Waals surface area contributed by atoms with Gasteiger partial charge in [-0.15, -0.1) is 0 Å². The molecule has 0 aliphatic carbocycles. The summed E-state index contributed by atoms with van der Waals surface area (Å²) < 4.78 is 5.57. The number of benzene rings is 2. The Hall–Kier alpha value is -5.32. The summed E-state index contributed by atoms with van der Waals surface area (Å²) >= 11 is 0. The number of amides is 4. The Morgan fingerprint density at radius 1 is 0.948 bits per heavy atom. The molecule has 0 spiro atoms. The monoisotopic (exact) mass is 791 g/mol. The molecule has 0 bridgehead atoms. The van der Waals surface area contributed by atoms with Crippen LogP contribution in [0.15, 0.2) is 53.2 Å². The van der Waals surface area contributed by atoms with Crippen LogP contribution in [0.5, 0.6) is 0 Å². The normalized spacial score (nSPS) is 24.3. The van der Waals surface area contributed by atoms with Crippen LogP contribution in [0.4, 0.5) is 27.8 Å². The Kier molecular flexibility index (Phi) is 10.6. The predicted molar refractivity (Wildman–Crippen MR) is 219 cm³/mol. The predicted octanol–water partition coefficient (Wildman–Crippen LogP) is 3.87. The molecule has 4 atom stereocenters. The lowest BCUT2D eigenvalue weighted by molar-refractivity contribution is -0.134. The SMILES string of the molecule is CN1CCN([C@@H]2CCCN(c3cnc(C(N)O)c(Nc4ccc(C5CCN(C[C@H]6CCN(c7ccc8onc(C9CCC(=O)NC9=O)c8c7)C6)CC5)cc4)n3)C2)C1=O. The van der Waals surface area contributed by atoms with E-state index in [1.54, 1.807) is 11.1 Å². The van der Waals surface area contributed by atoms with Gasteiger partial charge < -0.3 is 45.2 Å². The molecular weight excluding hydrogens is 739 g/mol. The number of hydrogen-bond acceptors (Lipinski definition) is 13. The number of nitrogens with one attached hydrogen (secondary N) is 2. The molecule has 7 heterocycles. The fourth-order valence-corrected chi connectivity index (χ4v) is 9.63. The molecule has 16 nitrogen and oxygen atoms in total. The summed E-state index contributed by atoms with van der Waals surface area (Å²) in [5, 5.41) is 21.2. The van der Waals surface area contributed by atoms with Gasteiger partial charge in [0.25, 0.3) is 0 Å². The number of aromatic nitrogens is 3. The number of likely N-dealkylation sites (N-methyl/N-ethyl adjacent to an activating group) is 1. The van der Waals surface area contributed by atoms with Crippen molar-refractivity contribution >= 4 is 51.8 Å². The van der Waals surface area contributed by atoms with Crippen LogP contribution in [0.3, 0.4) is 0 Å². The summed E-state index contributed by atoms with van der Waals surface area (Å²) in [6.07, 6.45) is 6.37. The van der Waals surface area contributed by atoms with E-state index in [0.29, 0.717) is 54.1 Å². The summed E-state index contributed by atoms with van der Waals surface area (Å²) in [5.41, 5.74) is 10.7. The van der Waals surface area contributed by atoms with Gasteiger partial charge in [-0.25, -0.2) is 14.8 Å². The molecular formula is C42H53N11O5. The molecule has 16 heteroatoms. The van der Waals surface area contributed by atoms with Crippen LogP contribution in [0.1, 0.15) is 80.0 Å². The van der Waals surface area contributed by atoms with Crippen LogP contribution in [0.2, 0.25) is 0 Å². The number of fused-ring (bicyclic) bond motifs is 1. The number of imide groups is 1. The van der Waals surface area contributed by atoms with Crippen molar-refractivity contribution in [3.05, 3.63) is 65.6 Å². The number of aliphatic hydroxyl groups excluding tert-OH is 1. The Balaban J connectivity index is 0.780. The highest BCUT2D eigenvalue weighted by atomic mass is 16.5. The van der Waals surface area contributed by atoms with Gasteiger partial charge in [0.15, 0.2) is 11.4 Å². The number of anilines is 4. The molecule has 58 heavy (non-hydrogen) atoms. The topological polar surface area (TPSA) is 190 Å². The van der Waals surface area contributed by atoms with Crippen molar-refractivity contribution in [2.45, 2.75) is 69.1 Å². The van der Waals surface area contributed by atoms with E-state index in [1.165, 1.54) is 5.56 Å². The molecule has 4 amide bonds. The molecule has 0 radical (unpaired) electrons. The van der Waals surface area contributed by atoms with Gasteiger partial charge in [-0.2, -0.15) is 0 Å². The quantitative estimate of drug-likeness (QED) is 0.134. The highest BCUT2D eigenvalue weighted by Gasteiger charge is 2.36. The van der Waals surface area contributed by atoms with Crippen molar-refractivity contribution in [2.75, 3.05) is 81.1 Å². The number of rotatable bonds is 10. The van der Waals surface area contributed by atoms with Crippen LogP contribution >= 0.6 is 0 Å². The lowest BCUT2D eigenvalue weighted by Crippen LogP contribution is -2.49. The molecule has 5 N–H and O–H groups in total. The van der Waals surface area contributed by atoms with Gasteiger partial charge >= 0.3 is 6.03 Å². The largest absolute Gasteiger partial charge is 0.373 e. The highest BCUT2D eigenvalue weighted by Crippen LogP contribution is 2.36. The van der Waals surface area contributed by atoms with Crippen LogP contribution in [0, 0.1) is 5.92 Å². The van der Waals surface area contributed by atoms with E-state index in [2.05, 4.69) is 71.9 Å². The maximum Gasteiger partial charge on any atom is 0.320 e. The van der Waals surface area contributed by atoms with Crippen LogP contribution in [-0.4, -0.2) is 125 Å². The van der Waals surface area contributed by atoms with Gasteiger partial charge in [-0.3, -0.25) is 14.9 Å². The zero-order valence-electron chi connectivity index (χ0n) is 33.1. The number of carbonyl (C=O) groups excluding carboxylic acids is 3. The van der Waals surface area contributed by atoms with Crippen LogP contribution in [-0.2, 0) is 9.59 Å². The van der Waals surface area contributed by atoms with E-state index in [0.717, 1.165) is 101 Å². The molecule has 4 aromatic rings. The average Bonchev–Trinajstić information content (AvgIpc) is 3.97. The molecule has 2 aromatic heterocycles. The first-order chi connectivity index (χ1) is 28.2. The Morgan fingerprint density at radius 3 is 2.53 bits per heavy atom. The maximum atomic E-state index is 12.7. The van der Waals surface area contributed by atoms with Crippen molar-refractivity contribution in [1.82, 2.24) is 35.1 Å². The number of urea groups is 1. The lowest BCUT2D eigenvalue weighted by Gasteiger charge is -2.38. The summed E-state index contributed by atoms with van der Waals surface area (Å²) in [6.45, 7) is 8.13. The van der Waals surface area contributed by atoms with Crippen molar-refractivity contribution < 1.29 is 24.0 Å². The Bertz CT molecular complexity index is 2150. The van der Waals surface area contributed by atoms with Crippen LogP contribution < -0.4 is 26.2 Å². The smallest absolute Gasteiger partial charge is 0.320 e. The molecule has 0 saturated carbocycles. The van der Waals surface area contributed by atoms with Gasteiger partial charge in [0.1, 0.15) is 23.4 Å². The van der Waals surface area contributed by atoms with E-state index in [1.807, 2.05) is 18.0 Å². The summed E-state index contributed by atoms with van der Waals surface area (Å²) in [5.74, 6) is 1.15. The molecule has 5 saturated heterocycles. The number of nitrogens with zero attached hydrogens (tertiary/aromatic N) is 8. The van der Waals surface area contributed by atoms with Crippen molar-refractivity contribution in [1.29, 1.82) is 0 Å². The summed E-state index contributed by atoms with van der Waals surface area (Å²) in [4.78, 5) is 57.3. The fourth-order valence-electron chi connectivity index (χ4n) is 9.63. The third kappa shape index (κ3) is 7.79. The van der Waals surface area contributed by atoms with Crippen molar-refractivity contribution in [3.8, 4) is 0 Å². The zero-order chi connectivity index (χ0) is 39.9. The van der Waals surface area contributed by atoms with Gasteiger partial charge in [-0.1, -0.05) is 17.3 Å². The first-order valence-electron chi connectivity index (χ1n) is 20.8. The van der Waals surface area contributed by atoms with E-state index in [-0.39, 0.29) is 29.6 Å². The fraction of sp³-hybridized carbons (Fsp3) is 0.524. The Labute approximate surface area is 337 Å². The number of piperidine rings is 3. The second-order valence-electron chi connectivity index (χ2n) is 16.7. The summed E-state index contributed by atoms with van der Waals surface area (Å²) in [6, 6.07) is 14.8. The second-order valence-corrected chi connectivity index (χ2v) is 16.7. The summed E-state index contributed by atoms with van der Waals surface area (Å²) in [7, 11) is 1.85. The second kappa shape index (κ2) is 16.1. The maximum absolute atomic E-state index is 12.7. The minimum atomic E-state index is -1.28. The van der Waals surface area contributed by atoms with Gasteiger partial charge in [0.05, 0.1) is 18.2 Å². The molecule has 5 aliphatic rings. The van der Waals surface area contributed by atoms with E-state index < -0.39 is 12.1 Å². The highest BCUT2D eigenvalue weighted by molar-refractivity contribution is 6.02. The van der Waals surface area contributed by atoms with E-state index in [9.17, 15) is 19.5 Å². The standard InChI is InChI=1S/C42H53N11O5/c1-49-19-20-53(42(49)57)31-3-2-15-52(25-31)35-22-44-38(39(43)55)40(46-35)45-29-6-4-27(5-7-29)28-13-16-50(17-14-28)23-26-12-18-51(24-26)30-8-10-34-33(21-30)37(48-58-34)32-9-11-36(54)47-41(32)56/h4-8,10,21-22,26,28,31-32,39,55H,2-3,9,11-20,23-25,43H2,1H3,(H,45,46)(H,47,54,56)/t26-,31-,32?,39?/m1/s1. The number of nitrogens with two attached hydrogens (primary N) is 1. The van der Waals surface area contributed by atoms with Crippen molar-refractivity contribution in [3.63, 3.8) is 0 Å². The molecule has 5 fully saturated rings. The van der Waals surface area contributed by atoms with E-state index in [4.69, 9.17) is 15.2 Å². The van der Waals surface area contributed by atoms with Gasteiger partial charge in [0.2, 0.25) is 11.8 Å². The number of carbonyl (C=O) groups is 3. The van der Waals surface area contributed by atoms with E-state index >= 15 is 0 Å². The zero-order valence-corrected chi connectivity index (χ0v) is 33.1. The first-order valence-corrected chi connectivity index (χ1v) is 20.8. The first kappa shape index (κ1) is 38.2. The number of hydrogen-bond donors (Lipinski definition) is 4. The Morgan fingerprint density at radius 2 is 1.78 bits per heavy atom. The third-order valence-electron chi connectivity index (χ3n) is 12.9. The number of likely N-dealkylation sites (tertiary alicyclic amines) is 1. The molecule has 2 aromatic carbocycles. The molecule has 306 valence electrons. The van der Waals surface area contributed by atoms with Gasteiger partial charge in [0, 0.05) is 76.0 Å². The molecule has 5 aliphatic heterocycles. The molecule has 9 rings (SSSR count). The lowest BCUT2D eigenvalue weighted by atomic mass is 9.89. The minimum absolute atomic E-state index is 0.0813. The van der Waals surface area contributed by atoms with Gasteiger partial charge in [-0.05, 0) is 99.3 Å². The molecule has 2 unspecified atom stereocenters. The average molecular weight is 792 g/mol. The van der Waals surface area contributed by atoms with Crippen LogP contribution in [0.25, 0.3) is 11.0 Å². The van der Waals surface area contributed by atoms with Crippen molar-refractivity contribution in [2.24, 2.45) is 11.7 Å². The third-order valence-corrected chi connectivity index (χ3v) is 12.9. The number of aliphatic hydroxyl groups is 1.